The molecule has 0 unspecified atom stereocenters. The molecule has 0 spiro atoms. The minimum Gasteiger partial charge on any atom is -0.434 e. The van der Waals surface area contributed by atoms with Gasteiger partial charge in [0.05, 0.1) is 6.21 Å². The number of rotatable bonds is 8. The number of para-hydroxylation sites is 1. The van der Waals surface area contributed by atoms with Crippen LogP contribution >= 0.6 is 0 Å². The predicted octanol–water partition coefficient (Wildman–Crippen LogP) is 4.51. The van der Waals surface area contributed by atoms with Crippen LogP contribution in [0.25, 0.3) is 0 Å². The Bertz CT molecular complexity index is 837. The van der Waals surface area contributed by atoms with Crippen LogP contribution in [0.4, 0.5) is 8.78 Å². The molecule has 5 nitrogen and oxygen atoms in total. The number of carbonyl (C=O) groups is 1. The third-order valence-corrected chi connectivity index (χ3v) is 5.19. The number of hydrogen-bond acceptors (Lipinski definition) is 4. The van der Waals surface area contributed by atoms with Crippen molar-refractivity contribution in [2.45, 2.75) is 38.9 Å². The van der Waals surface area contributed by atoms with Crippen LogP contribution in [0.2, 0.25) is 0 Å². The van der Waals surface area contributed by atoms with Gasteiger partial charge in [0.1, 0.15) is 5.75 Å². The smallest absolute Gasteiger partial charge is 0.387 e. The Kier molecular flexibility index (Phi) is 7.76. The van der Waals surface area contributed by atoms with E-state index in [1.54, 1.807) is 30.0 Å². The molecule has 160 valence electrons. The SMILES string of the molecule is C[C@H](O/N=C\c1ccccc1OC(F)F)C(=O)N1CCC(Cc2ccccc2)CC1. The molecule has 0 aliphatic carbocycles. The van der Waals surface area contributed by atoms with Crippen LogP contribution in [-0.2, 0) is 16.1 Å². The highest BCUT2D eigenvalue weighted by atomic mass is 19.3. The van der Waals surface area contributed by atoms with Crippen LogP contribution in [0, 0.1) is 5.92 Å². The first-order valence-electron chi connectivity index (χ1n) is 10.1. The molecule has 2 aromatic rings. The third-order valence-electron chi connectivity index (χ3n) is 5.19. The van der Waals surface area contributed by atoms with Crippen molar-refractivity contribution < 1.29 is 23.1 Å². The number of piperidine rings is 1. The van der Waals surface area contributed by atoms with E-state index in [-0.39, 0.29) is 11.7 Å². The molecule has 1 fully saturated rings. The van der Waals surface area contributed by atoms with Gasteiger partial charge in [-0.2, -0.15) is 8.78 Å². The van der Waals surface area contributed by atoms with Gasteiger partial charge in [0, 0.05) is 18.7 Å². The van der Waals surface area contributed by atoms with E-state index in [0.717, 1.165) is 19.3 Å². The maximum Gasteiger partial charge on any atom is 0.387 e. The number of benzene rings is 2. The van der Waals surface area contributed by atoms with Gasteiger partial charge in [-0.25, -0.2) is 0 Å². The van der Waals surface area contributed by atoms with E-state index in [1.807, 2.05) is 18.2 Å². The average Bonchev–Trinajstić information content (AvgIpc) is 2.75. The lowest BCUT2D eigenvalue weighted by Gasteiger charge is -2.33. The Balaban J connectivity index is 1.47. The fraction of sp³-hybridized carbons (Fsp3) is 0.391. The molecule has 1 aliphatic rings. The Morgan fingerprint density at radius 1 is 1.13 bits per heavy atom. The Morgan fingerprint density at radius 3 is 2.50 bits per heavy atom. The molecule has 0 bridgehead atoms. The van der Waals surface area contributed by atoms with E-state index in [4.69, 9.17) is 4.84 Å². The molecule has 1 amide bonds. The number of amides is 1. The fourth-order valence-corrected chi connectivity index (χ4v) is 3.58. The molecule has 7 heteroatoms. The summed E-state index contributed by atoms with van der Waals surface area (Å²) >= 11 is 0. The second-order valence-corrected chi connectivity index (χ2v) is 7.36. The Morgan fingerprint density at radius 2 is 1.80 bits per heavy atom. The van der Waals surface area contributed by atoms with Crippen molar-refractivity contribution >= 4 is 12.1 Å². The average molecular weight is 416 g/mol. The van der Waals surface area contributed by atoms with Crippen molar-refractivity contribution in [2.24, 2.45) is 11.1 Å². The number of ether oxygens (including phenoxy) is 1. The van der Waals surface area contributed by atoms with Crippen molar-refractivity contribution in [3.05, 3.63) is 65.7 Å². The second-order valence-electron chi connectivity index (χ2n) is 7.36. The first-order chi connectivity index (χ1) is 14.5. The summed E-state index contributed by atoms with van der Waals surface area (Å²) in [6.07, 6.45) is 3.45. The van der Waals surface area contributed by atoms with Crippen molar-refractivity contribution in [2.75, 3.05) is 13.1 Å². The Hall–Kier alpha value is -2.96. The third kappa shape index (κ3) is 6.27. The van der Waals surface area contributed by atoms with Crippen molar-refractivity contribution in [1.82, 2.24) is 4.90 Å². The number of oxime groups is 1. The van der Waals surface area contributed by atoms with Gasteiger partial charge >= 0.3 is 6.61 Å². The Labute approximate surface area is 175 Å². The summed E-state index contributed by atoms with van der Waals surface area (Å²) in [6, 6.07) is 16.6. The largest absolute Gasteiger partial charge is 0.434 e. The summed E-state index contributed by atoms with van der Waals surface area (Å²) in [5.74, 6) is 0.443. The van der Waals surface area contributed by atoms with Gasteiger partial charge in [0.15, 0.2) is 0 Å². The molecule has 2 aromatic carbocycles. The van der Waals surface area contributed by atoms with Crippen LogP contribution in [0.5, 0.6) is 5.75 Å². The predicted molar refractivity (Wildman–Crippen MR) is 111 cm³/mol. The monoisotopic (exact) mass is 416 g/mol. The molecule has 30 heavy (non-hydrogen) atoms. The van der Waals surface area contributed by atoms with E-state index in [0.29, 0.717) is 24.6 Å². The highest BCUT2D eigenvalue weighted by molar-refractivity contribution is 5.83. The van der Waals surface area contributed by atoms with Gasteiger partial charge in [-0.15, -0.1) is 0 Å². The van der Waals surface area contributed by atoms with E-state index in [9.17, 15) is 13.6 Å². The minimum absolute atomic E-state index is 0.000631. The molecule has 0 radical (unpaired) electrons. The zero-order valence-electron chi connectivity index (χ0n) is 16.9. The van der Waals surface area contributed by atoms with E-state index < -0.39 is 12.7 Å². The van der Waals surface area contributed by atoms with Crippen LogP contribution in [0.15, 0.2) is 59.8 Å². The van der Waals surface area contributed by atoms with Gasteiger partial charge in [0.2, 0.25) is 6.10 Å². The molecule has 0 aromatic heterocycles. The van der Waals surface area contributed by atoms with Crippen molar-refractivity contribution in [3.8, 4) is 5.75 Å². The summed E-state index contributed by atoms with van der Waals surface area (Å²) in [7, 11) is 0. The van der Waals surface area contributed by atoms with Gasteiger partial charge in [-0.05, 0) is 49.8 Å². The number of nitrogens with zero attached hydrogens (tertiary/aromatic N) is 2. The van der Waals surface area contributed by atoms with Crippen LogP contribution in [0.1, 0.15) is 30.9 Å². The minimum atomic E-state index is -2.93. The summed E-state index contributed by atoms with van der Waals surface area (Å²) in [4.78, 5) is 19.7. The zero-order valence-corrected chi connectivity index (χ0v) is 16.9. The van der Waals surface area contributed by atoms with Crippen LogP contribution in [0.3, 0.4) is 0 Å². The van der Waals surface area contributed by atoms with E-state index in [2.05, 4.69) is 22.0 Å². The molecule has 1 aliphatic heterocycles. The number of carbonyl (C=O) groups excluding carboxylic acids is 1. The number of hydrogen-bond donors (Lipinski definition) is 0. The lowest BCUT2D eigenvalue weighted by atomic mass is 9.90. The number of likely N-dealkylation sites (tertiary alicyclic amines) is 1. The fourth-order valence-electron chi connectivity index (χ4n) is 3.58. The van der Waals surface area contributed by atoms with E-state index in [1.165, 1.54) is 17.8 Å². The number of halogens is 2. The second kappa shape index (κ2) is 10.7. The summed E-state index contributed by atoms with van der Waals surface area (Å²) in [5, 5.41) is 3.80. The van der Waals surface area contributed by atoms with Crippen LogP contribution < -0.4 is 4.74 Å². The first-order valence-corrected chi connectivity index (χ1v) is 10.1. The summed E-state index contributed by atoms with van der Waals surface area (Å²) < 4.78 is 29.4. The van der Waals surface area contributed by atoms with E-state index >= 15 is 0 Å². The molecule has 1 heterocycles. The molecule has 1 atom stereocenters. The van der Waals surface area contributed by atoms with Crippen molar-refractivity contribution in [1.29, 1.82) is 0 Å². The highest BCUT2D eigenvalue weighted by Crippen LogP contribution is 2.22. The van der Waals surface area contributed by atoms with Gasteiger partial charge in [-0.1, -0.05) is 47.6 Å². The maximum absolute atomic E-state index is 12.6. The highest BCUT2D eigenvalue weighted by Gasteiger charge is 2.27. The van der Waals surface area contributed by atoms with Gasteiger partial charge < -0.3 is 14.5 Å². The van der Waals surface area contributed by atoms with Gasteiger partial charge in [0.25, 0.3) is 5.91 Å². The van der Waals surface area contributed by atoms with Gasteiger partial charge in [-0.3, -0.25) is 4.79 Å². The molecule has 0 N–H and O–H groups in total. The lowest BCUT2D eigenvalue weighted by molar-refractivity contribution is -0.144. The molecule has 0 saturated carbocycles. The maximum atomic E-state index is 12.6. The quantitative estimate of drug-likeness (QED) is 0.470. The molecule has 1 saturated heterocycles. The normalized spacial score (nSPS) is 16.1. The molecular formula is C23H26F2N2O3. The standard InChI is InChI=1S/C23H26F2N2O3/c1-17(30-26-16-20-9-5-6-10-21(20)29-23(24)25)22(28)27-13-11-19(12-14-27)15-18-7-3-2-4-8-18/h2-10,16-17,19,23H,11-15H2,1H3/b26-16-/t17-/m0/s1. The topological polar surface area (TPSA) is 51.1 Å². The lowest BCUT2D eigenvalue weighted by Crippen LogP contribution is -2.43. The van der Waals surface area contributed by atoms with Crippen LogP contribution in [-0.4, -0.2) is 42.8 Å². The first kappa shape index (κ1) is 21.7. The molecule has 3 rings (SSSR count). The zero-order chi connectivity index (χ0) is 21.3. The number of alkyl halides is 2. The summed E-state index contributed by atoms with van der Waals surface area (Å²) in [5.41, 5.74) is 1.67. The summed E-state index contributed by atoms with van der Waals surface area (Å²) in [6.45, 7) is 0.0975. The van der Waals surface area contributed by atoms with Crippen molar-refractivity contribution in [3.63, 3.8) is 0 Å². The molecular weight excluding hydrogens is 390 g/mol.